The van der Waals surface area contributed by atoms with Crippen LogP contribution in [0, 0.1) is 0 Å². The summed E-state index contributed by atoms with van der Waals surface area (Å²) in [6.07, 6.45) is 0. The van der Waals surface area contributed by atoms with E-state index in [1.165, 1.54) is 21.3 Å². The van der Waals surface area contributed by atoms with Gasteiger partial charge in [-0.15, -0.1) is 11.6 Å². The van der Waals surface area contributed by atoms with E-state index in [9.17, 15) is 4.79 Å². The predicted molar refractivity (Wildman–Crippen MR) is 78.4 cm³/mol. The number of nitrogens with one attached hydrogen (secondary N) is 1. The lowest BCUT2D eigenvalue weighted by atomic mass is 10.1. The molecule has 5 nitrogen and oxygen atoms in total. The standard InChI is InChI=1S/C14H20ClNO4/c1-14(2,8-15)16-13(17)9-6-11(19-4)12(20-5)7-10(9)18-3/h6-7H,8H2,1-5H3,(H,16,17). The molecule has 0 aromatic heterocycles. The van der Waals surface area contributed by atoms with Gasteiger partial charge in [0.1, 0.15) is 5.75 Å². The van der Waals surface area contributed by atoms with Crippen LogP contribution in [-0.4, -0.2) is 38.7 Å². The zero-order valence-electron chi connectivity index (χ0n) is 12.4. The highest BCUT2D eigenvalue weighted by molar-refractivity contribution is 6.18. The predicted octanol–water partition coefficient (Wildman–Crippen LogP) is 2.46. The second-order valence-corrected chi connectivity index (χ2v) is 5.15. The Labute approximate surface area is 124 Å². The number of rotatable bonds is 6. The SMILES string of the molecule is COc1cc(OC)c(C(=O)NC(C)(C)CCl)cc1OC. The van der Waals surface area contributed by atoms with Crippen LogP contribution in [0.25, 0.3) is 0 Å². The van der Waals surface area contributed by atoms with Crippen molar-refractivity contribution in [2.75, 3.05) is 27.2 Å². The van der Waals surface area contributed by atoms with Crippen LogP contribution in [0.15, 0.2) is 12.1 Å². The van der Waals surface area contributed by atoms with Crippen molar-refractivity contribution in [3.63, 3.8) is 0 Å². The molecule has 0 spiro atoms. The normalized spacial score (nSPS) is 10.9. The van der Waals surface area contributed by atoms with Gasteiger partial charge in [-0.3, -0.25) is 4.79 Å². The van der Waals surface area contributed by atoms with Crippen molar-refractivity contribution in [2.45, 2.75) is 19.4 Å². The highest BCUT2D eigenvalue weighted by Crippen LogP contribution is 2.34. The number of ether oxygens (including phenoxy) is 3. The molecule has 0 aliphatic carbocycles. The Balaban J connectivity index is 3.19. The molecule has 1 aromatic carbocycles. The molecule has 1 rings (SSSR count). The quantitative estimate of drug-likeness (QED) is 0.820. The maximum Gasteiger partial charge on any atom is 0.255 e. The molecule has 0 saturated heterocycles. The summed E-state index contributed by atoms with van der Waals surface area (Å²) in [5.74, 6) is 1.38. The van der Waals surface area contributed by atoms with Crippen LogP contribution >= 0.6 is 11.6 Å². The monoisotopic (exact) mass is 301 g/mol. The molecule has 20 heavy (non-hydrogen) atoms. The second-order valence-electron chi connectivity index (χ2n) is 4.88. The average molecular weight is 302 g/mol. The molecular weight excluding hydrogens is 282 g/mol. The third kappa shape index (κ3) is 3.70. The van der Waals surface area contributed by atoms with E-state index in [0.29, 0.717) is 28.7 Å². The van der Waals surface area contributed by atoms with Crippen LogP contribution in [0.5, 0.6) is 17.2 Å². The van der Waals surface area contributed by atoms with Crippen LogP contribution in [0.4, 0.5) is 0 Å². The van der Waals surface area contributed by atoms with Gasteiger partial charge in [-0.25, -0.2) is 0 Å². The summed E-state index contributed by atoms with van der Waals surface area (Å²) in [5.41, 5.74) is -0.153. The number of amides is 1. The van der Waals surface area contributed by atoms with Gasteiger partial charge in [0.05, 0.1) is 26.9 Å². The molecule has 0 heterocycles. The summed E-state index contributed by atoms with van der Waals surface area (Å²) < 4.78 is 15.6. The van der Waals surface area contributed by atoms with Crippen molar-refractivity contribution in [3.8, 4) is 17.2 Å². The topological polar surface area (TPSA) is 56.8 Å². The lowest BCUT2D eigenvalue weighted by molar-refractivity contribution is 0.0917. The summed E-state index contributed by atoms with van der Waals surface area (Å²) >= 11 is 5.81. The Kier molecular flexibility index (Phi) is 5.51. The number of halogens is 1. The van der Waals surface area contributed by atoms with E-state index in [4.69, 9.17) is 25.8 Å². The third-order valence-corrected chi connectivity index (χ3v) is 3.40. The van der Waals surface area contributed by atoms with Gasteiger partial charge < -0.3 is 19.5 Å². The van der Waals surface area contributed by atoms with Crippen LogP contribution in [-0.2, 0) is 0 Å². The van der Waals surface area contributed by atoms with Gasteiger partial charge in [0.2, 0.25) is 0 Å². The van der Waals surface area contributed by atoms with Crippen molar-refractivity contribution in [1.29, 1.82) is 0 Å². The van der Waals surface area contributed by atoms with Gasteiger partial charge >= 0.3 is 0 Å². The van der Waals surface area contributed by atoms with Crippen molar-refractivity contribution in [2.24, 2.45) is 0 Å². The molecule has 0 atom stereocenters. The van der Waals surface area contributed by atoms with Gasteiger partial charge in [-0.2, -0.15) is 0 Å². The summed E-state index contributed by atoms with van der Waals surface area (Å²) in [6, 6.07) is 3.19. The highest BCUT2D eigenvalue weighted by Gasteiger charge is 2.23. The van der Waals surface area contributed by atoms with Crippen LogP contribution in [0.3, 0.4) is 0 Å². The molecule has 0 aliphatic heterocycles. The first-order valence-corrected chi connectivity index (χ1v) is 6.60. The van der Waals surface area contributed by atoms with Crippen LogP contribution < -0.4 is 19.5 Å². The van der Waals surface area contributed by atoms with Crippen molar-refractivity contribution in [1.82, 2.24) is 5.32 Å². The van der Waals surface area contributed by atoms with E-state index >= 15 is 0 Å². The number of hydrogen-bond donors (Lipinski definition) is 1. The average Bonchev–Trinajstić information content (AvgIpc) is 2.45. The van der Waals surface area contributed by atoms with E-state index < -0.39 is 5.54 Å². The second kappa shape index (κ2) is 6.70. The van der Waals surface area contributed by atoms with Crippen molar-refractivity contribution >= 4 is 17.5 Å². The number of carbonyl (C=O) groups excluding carboxylic acids is 1. The van der Waals surface area contributed by atoms with Gasteiger partial charge in [0.25, 0.3) is 5.91 Å². The van der Waals surface area contributed by atoms with Crippen molar-refractivity contribution < 1.29 is 19.0 Å². The molecule has 6 heteroatoms. The summed E-state index contributed by atoms with van der Waals surface area (Å²) in [7, 11) is 4.52. The minimum Gasteiger partial charge on any atom is -0.496 e. The lowest BCUT2D eigenvalue weighted by Gasteiger charge is -2.24. The molecule has 0 bridgehead atoms. The Hall–Kier alpha value is -1.62. The Morgan fingerprint density at radius 1 is 1.10 bits per heavy atom. The molecule has 1 N–H and O–H groups in total. The van der Waals surface area contributed by atoms with Gasteiger partial charge in [-0.1, -0.05) is 0 Å². The Morgan fingerprint density at radius 3 is 2.05 bits per heavy atom. The molecular formula is C14H20ClNO4. The fraction of sp³-hybridized carbons (Fsp3) is 0.500. The first kappa shape index (κ1) is 16.4. The lowest BCUT2D eigenvalue weighted by Crippen LogP contribution is -2.45. The molecule has 0 unspecified atom stereocenters. The molecule has 112 valence electrons. The number of alkyl halides is 1. The van der Waals surface area contributed by atoms with E-state index in [1.54, 1.807) is 12.1 Å². The molecule has 0 aliphatic rings. The van der Waals surface area contributed by atoms with Gasteiger partial charge in [0, 0.05) is 23.6 Å². The maximum atomic E-state index is 12.3. The van der Waals surface area contributed by atoms with E-state index in [-0.39, 0.29) is 5.91 Å². The highest BCUT2D eigenvalue weighted by atomic mass is 35.5. The fourth-order valence-electron chi connectivity index (χ4n) is 1.61. The molecule has 1 aromatic rings. The Morgan fingerprint density at radius 2 is 1.60 bits per heavy atom. The number of carbonyl (C=O) groups is 1. The fourth-order valence-corrected chi connectivity index (χ4v) is 1.68. The summed E-state index contributed by atoms with van der Waals surface area (Å²) in [5, 5.41) is 2.84. The number of methoxy groups -OCH3 is 3. The summed E-state index contributed by atoms with van der Waals surface area (Å²) in [4.78, 5) is 12.3. The minimum absolute atomic E-state index is 0.284. The molecule has 0 radical (unpaired) electrons. The largest absolute Gasteiger partial charge is 0.496 e. The maximum absolute atomic E-state index is 12.3. The number of benzene rings is 1. The zero-order chi connectivity index (χ0) is 15.3. The van der Waals surface area contributed by atoms with Crippen LogP contribution in [0.2, 0.25) is 0 Å². The number of hydrogen-bond acceptors (Lipinski definition) is 4. The molecule has 0 saturated carbocycles. The van der Waals surface area contributed by atoms with E-state index in [2.05, 4.69) is 5.32 Å². The van der Waals surface area contributed by atoms with E-state index in [1.807, 2.05) is 13.8 Å². The summed E-state index contributed by atoms with van der Waals surface area (Å²) in [6.45, 7) is 3.68. The molecule has 1 amide bonds. The zero-order valence-corrected chi connectivity index (χ0v) is 13.1. The first-order valence-electron chi connectivity index (χ1n) is 6.07. The van der Waals surface area contributed by atoms with E-state index in [0.717, 1.165) is 0 Å². The first-order chi connectivity index (χ1) is 9.38. The van der Waals surface area contributed by atoms with Crippen molar-refractivity contribution in [3.05, 3.63) is 17.7 Å². The van der Waals surface area contributed by atoms with Crippen LogP contribution in [0.1, 0.15) is 24.2 Å². The van der Waals surface area contributed by atoms with Gasteiger partial charge in [-0.05, 0) is 13.8 Å². The Bertz CT molecular complexity index is 488. The smallest absolute Gasteiger partial charge is 0.255 e. The molecule has 0 fully saturated rings. The third-order valence-electron chi connectivity index (χ3n) is 2.74. The minimum atomic E-state index is -0.517. The van der Waals surface area contributed by atoms with Gasteiger partial charge in [0.15, 0.2) is 11.5 Å².